The molecule has 1 amide bonds. The molecule has 5 nitrogen and oxygen atoms in total. The van der Waals surface area contributed by atoms with Crippen molar-refractivity contribution in [2.75, 3.05) is 20.2 Å². The standard InChI is InChI=1S/C11H20N2O3/c1-8(2)13(7-10(14)16-3)11(15)9-5-4-6-12-9/h8-9,12H,4-7H2,1-3H3. The molecule has 0 aromatic heterocycles. The summed E-state index contributed by atoms with van der Waals surface area (Å²) in [6, 6.07) is -0.124. The number of carbonyl (C=O) groups is 2. The number of rotatable bonds is 4. The normalized spacial score (nSPS) is 19.9. The Morgan fingerprint density at radius 2 is 2.19 bits per heavy atom. The Balaban J connectivity index is 2.61. The molecule has 1 atom stereocenters. The molecule has 0 aliphatic carbocycles. The first-order valence-corrected chi connectivity index (χ1v) is 5.67. The molecule has 0 spiro atoms. The Labute approximate surface area is 96.1 Å². The number of hydrogen-bond donors (Lipinski definition) is 1. The SMILES string of the molecule is COC(=O)CN(C(=O)C1CCCN1)C(C)C. The van der Waals surface area contributed by atoms with E-state index in [0.29, 0.717) is 0 Å². The van der Waals surface area contributed by atoms with Crippen LogP contribution in [0.3, 0.4) is 0 Å². The average molecular weight is 228 g/mol. The van der Waals surface area contributed by atoms with Crippen LogP contribution in [0.1, 0.15) is 26.7 Å². The Bertz CT molecular complexity index is 260. The van der Waals surface area contributed by atoms with E-state index in [4.69, 9.17) is 0 Å². The maximum atomic E-state index is 12.1. The lowest BCUT2D eigenvalue weighted by molar-refractivity contribution is -0.148. The number of amides is 1. The van der Waals surface area contributed by atoms with Crippen molar-refractivity contribution in [1.29, 1.82) is 0 Å². The van der Waals surface area contributed by atoms with Crippen LogP contribution >= 0.6 is 0 Å². The second-order valence-electron chi connectivity index (χ2n) is 4.28. The van der Waals surface area contributed by atoms with Gasteiger partial charge in [-0.2, -0.15) is 0 Å². The summed E-state index contributed by atoms with van der Waals surface area (Å²) in [7, 11) is 1.33. The molecular weight excluding hydrogens is 208 g/mol. The molecule has 1 fully saturated rings. The highest BCUT2D eigenvalue weighted by atomic mass is 16.5. The van der Waals surface area contributed by atoms with Crippen molar-refractivity contribution in [1.82, 2.24) is 10.2 Å². The van der Waals surface area contributed by atoms with Crippen LogP contribution in [0.2, 0.25) is 0 Å². The molecule has 5 heteroatoms. The van der Waals surface area contributed by atoms with Gasteiger partial charge in [0.1, 0.15) is 6.54 Å². The van der Waals surface area contributed by atoms with Gasteiger partial charge >= 0.3 is 5.97 Å². The molecule has 1 aliphatic heterocycles. The molecule has 1 unspecified atom stereocenters. The summed E-state index contributed by atoms with van der Waals surface area (Å²) in [6.07, 6.45) is 1.86. The topological polar surface area (TPSA) is 58.6 Å². The summed E-state index contributed by atoms with van der Waals surface area (Å²) in [6.45, 7) is 4.71. The van der Waals surface area contributed by atoms with Crippen molar-refractivity contribution in [3.05, 3.63) is 0 Å². The zero-order valence-corrected chi connectivity index (χ0v) is 10.2. The van der Waals surface area contributed by atoms with E-state index in [9.17, 15) is 9.59 Å². The number of methoxy groups -OCH3 is 1. The first-order valence-electron chi connectivity index (χ1n) is 5.67. The molecule has 1 N–H and O–H groups in total. The lowest BCUT2D eigenvalue weighted by Crippen LogP contribution is -2.48. The lowest BCUT2D eigenvalue weighted by atomic mass is 10.1. The summed E-state index contributed by atoms with van der Waals surface area (Å²) in [5, 5.41) is 3.14. The van der Waals surface area contributed by atoms with Crippen LogP contribution in [0, 0.1) is 0 Å². The van der Waals surface area contributed by atoms with Crippen LogP contribution in [-0.2, 0) is 14.3 Å². The van der Waals surface area contributed by atoms with Crippen molar-refractivity contribution in [2.24, 2.45) is 0 Å². The maximum Gasteiger partial charge on any atom is 0.325 e. The third kappa shape index (κ3) is 3.20. The molecule has 0 radical (unpaired) electrons. The second kappa shape index (κ2) is 5.84. The molecule has 1 saturated heterocycles. The highest BCUT2D eigenvalue weighted by Crippen LogP contribution is 2.11. The van der Waals surface area contributed by atoms with E-state index < -0.39 is 0 Å². The molecule has 1 heterocycles. The van der Waals surface area contributed by atoms with Gasteiger partial charge in [0.05, 0.1) is 13.2 Å². The van der Waals surface area contributed by atoms with Gasteiger partial charge in [-0.25, -0.2) is 0 Å². The Morgan fingerprint density at radius 1 is 1.50 bits per heavy atom. The number of esters is 1. The van der Waals surface area contributed by atoms with Gasteiger partial charge in [-0.3, -0.25) is 9.59 Å². The third-order valence-electron chi connectivity index (χ3n) is 2.79. The van der Waals surface area contributed by atoms with E-state index >= 15 is 0 Å². The van der Waals surface area contributed by atoms with Gasteiger partial charge in [-0.15, -0.1) is 0 Å². The van der Waals surface area contributed by atoms with Crippen molar-refractivity contribution >= 4 is 11.9 Å². The summed E-state index contributed by atoms with van der Waals surface area (Å²) in [5.74, 6) is -0.377. The molecule has 1 aliphatic rings. The fourth-order valence-electron chi connectivity index (χ4n) is 1.81. The van der Waals surface area contributed by atoms with Gasteiger partial charge in [-0.05, 0) is 33.2 Å². The number of carbonyl (C=O) groups excluding carboxylic acids is 2. The largest absolute Gasteiger partial charge is 0.468 e. The predicted molar refractivity (Wildman–Crippen MR) is 59.9 cm³/mol. The van der Waals surface area contributed by atoms with Crippen molar-refractivity contribution in [3.8, 4) is 0 Å². The van der Waals surface area contributed by atoms with Crippen molar-refractivity contribution in [3.63, 3.8) is 0 Å². The van der Waals surface area contributed by atoms with E-state index in [-0.39, 0.29) is 30.5 Å². The molecule has 0 saturated carbocycles. The zero-order valence-electron chi connectivity index (χ0n) is 10.2. The van der Waals surface area contributed by atoms with E-state index in [0.717, 1.165) is 19.4 Å². The number of nitrogens with one attached hydrogen (secondary N) is 1. The summed E-state index contributed by atoms with van der Waals surface area (Å²) in [5.41, 5.74) is 0. The van der Waals surface area contributed by atoms with Gasteiger partial charge in [0.15, 0.2) is 0 Å². The monoisotopic (exact) mass is 228 g/mol. The van der Waals surface area contributed by atoms with Gasteiger partial charge in [-0.1, -0.05) is 0 Å². The van der Waals surface area contributed by atoms with Gasteiger partial charge in [0, 0.05) is 6.04 Å². The minimum atomic E-state index is -0.375. The summed E-state index contributed by atoms with van der Waals surface area (Å²) < 4.78 is 4.59. The minimum absolute atomic E-state index is 0.00194. The van der Waals surface area contributed by atoms with Crippen LogP contribution in [0.15, 0.2) is 0 Å². The van der Waals surface area contributed by atoms with E-state index in [1.807, 2.05) is 13.8 Å². The van der Waals surface area contributed by atoms with E-state index in [1.165, 1.54) is 7.11 Å². The first kappa shape index (κ1) is 13.0. The van der Waals surface area contributed by atoms with E-state index in [2.05, 4.69) is 10.1 Å². The Kier molecular flexibility index (Phi) is 4.73. The third-order valence-corrected chi connectivity index (χ3v) is 2.79. The molecule has 0 bridgehead atoms. The Morgan fingerprint density at radius 3 is 2.62 bits per heavy atom. The zero-order chi connectivity index (χ0) is 12.1. The van der Waals surface area contributed by atoms with Crippen LogP contribution in [-0.4, -0.2) is 49.1 Å². The highest BCUT2D eigenvalue weighted by molar-refractivity contribution is 5.86. The lowest BCUT2D eigenvalue weighted by Gasteiger charge is -2.28. The first-order chi connectivity index (χ1) is 7.56. The summed E-state index contributed by atoms with van der Waals surface area (Å²) in [4.78, 5) is 24.9. The number of nitrogens with zero attached hydrogens (tertiary/aromatic N) is 1. The number of hydrogen-bond acceptors (Lipinski definition) is 4. The van der Waals surface area contributed by atoms with Gasteiger partial charge in [0.2, 0.25) is 5.91 Å². The fourth-order valence-corrected chi connectivity index (χ4v) is 1.81. The van der Waals surface area contributed by atoms with Crippen molar-refractivity contribution < 1.29 is 14.3 Å². The molecule has 1 rings (SSSR count). The van der Waals surface area contributed by atoms with Gasteiger partial charge < -0.3 is 15.0 Å². The summed E-state index contributed by atoms with van der Waals surface area (Å²) >= 11 is 0. The van der Waals surface area contributed by atoms with Crippen LogP contribution in [0.5, 0.6) is 0 Å². The molecule has 92 valence electrons. The smallest absolute Gasteiger partial charge is 0.325 e. The van der Waals surface area contributed by atoms with Crippen molar-refractivity contribution in [2.45, 2.75) is 38.8 Å². The highest BCUT2D eigenvalue weighted by Gasteiger charge is 2.29. The average Bonchev–Trinajstić information content (AvgIpc) is 2.77. The minimum Gasteiger partial charge on any atom is -0.468 e. The quantitative estimate of drug-likeness (QED) is 0.696. The molecule has 16 heavy (non-hydrogen) atoms. The molecule has 0 aromatic carbocycles. The van der Waals surface area contributed by atoms with Crippen LogP contribution < -0.4 is 5.32 Å². The van der Waals surface area contributed by atoms with E-state index in [1.54, 1.807) is 4.90 Å². The van der Waals surface area contributed by atoms with Crippen LogP contribution in [0.4, 0.5) is 0 Å². The van der Waals surface area contributed by atoms with Crippen LogP contribution in [0.25, 0.3) is 0 Å². The predicted octanol–water partition coefficient (Wildman–Crippen LogP) is 0.148. The van der Waals surface area contributed by atoms with Gasteiger partial charge in [0.25, 0.3) is 0 Å². The Hall–Kier alpha value is -1.10. The molecular formula is C11H20N2O3. The maximum absolute atomic E-state index is 12.1. The molecule has 0 aromatic rings. The number of ether oxygens (including phenoxy) is 1. The second-order valence-corrected chi connectivity index (χ2v) is 4.28. The fraction of sp³-hybridized carbons (Fsp3) is 0.818.